The number of ether oxygens (including phenoxy) is 1. The Kier molecular flexibility index (Phi) is 4.30. The van der Waals surface area contributed by atoms with Crippen LogP contribution in [0, 0.1) is 11.3 Å². The Hall–Kier alpha value is -2.87. The molecule has 1 aromatic carbocycles. The highest BCUT2D eigenvalue weighted by Crippen LogP contribution is 2.19. The van der Waals surface area contributed by atoms with Crippen LogP contribution in [0.15, 0.2) is 42.6 Å². The van der Waals surface area contributed by atoms with E-state index in [1.807, 2.05) is 0 Å². The van der Waals surface area contributed by atoms with Gasteiger partial charge in [0.2, 0.25) is 0 Å². The number of carbonyl (C=O) groups is 1. The molecular weight excluding hydrogens is 254 g/mol. The number of hydrogen-bond donors (Lipinski definition) is 1. The molecule has 20 heavy (non-hydrogen) atoms. The smallest absolute Gasteiger partial charge is 0.341 e. The van der Waals surface area contributed by atoms with E-state index >= 15 is 0 Å². The van der Waals surface area contributed by atoms with Crippen LogP contribution < -0.4 is 5.32 Å². The molecule has 1 heterocycles. The number of aromatic nitrogens is 1. The molecule has 0 saturated heterocycles. The summed E-state index contributed by atoms with van der Waals surface area (Å²) in [4.78, 5) is 16.0. The highest BCUT2D eigenvalue weighted by Gasteiger charge is 2.13. The molecule has 0 aliphatic carbocycles. The van der Waals surface area contributed by atoms with Gasteiger partial charge in [0.05, 0.1) is 18.2 Å². The molecule has 0 aliphatic rings. The van der Waals surface area contributed by atoms with Crippen LogP contribution in [0.3, 0.4) is 0 Å². The predicted molar refractivity (Wildman–Crippen MR) is 74.6 cm³/mol. The molecule has 1 aromatic heterocycles. The second-order valence-electron chi connectivity index (χ2n) is 3.94. The van der Waals surface area contributed by atoms with Crippen molar-refractivity contribution in [3.8, 4) is 6.07 Å². The molecule has 0 unspecified atom stereocenters. The van der Waals surface area contributed by atoms with Gasteiger partial charge in [-0.1, -0.05) is 6.07 Å². The summed E-state index contributed by atoms with van der Waals surface area (Å²) in [6, 6.07) is 12.3. The van der Waals surface area contributed by atoms with Gasteiger partial charge in [0.25, 0.3) is 0 Å². The maximum atomic E-state index is 11.8. The highest BCUT2D eigenvalue weighted by molar-refractivity contribution is 5.95. The number of esters is 1. The predicted octanol–water partition coefficient (Wildman–Crippen LogP) is 2.87. The number of rotatable bonds is 4. The molecule has 0 amide bonds. The minimum Gasteiger partial charge on any atom is -0.462 e. The molecule has 0 bridgehead atoms. The summed E-state index contributed by atoms with van der Waals surface area (Å²) < 4.78 is 4.98. The number of pyridine rings is 1. The lowest BCUT2D eigenvalue weighted by Gasteiger charge is -2.10. The summed E-state index contributed by atoms with van der Waals surface area (Å²) in [6.45, 7) is 2.05. The number of hydrogen-bond acceptors (Lipinski definition) is 5. The minimum absolute atomic E-state index is 0.303. The first-order chi connectivity index (χ1) is 9.74. The van der Waals surface area contributed by atoms with Gasteiger partial charge in [-0.15, -0.1) is 0 Å². The first-order valence-electron chi connectivity index (χ1n) is 6.14. The van der Waals surface area contributed by atoms with Crippen molar-refractivity contribution in [2.75, 3.05) is 11.9 Å². The van der Waals surface area contributed by atoms with Gasteiger partial charge in [0, 0.05) is 11.9 Å². The Morgan fingerprint density at radius 1 is 1.40 bits per heavy atom. The van der Waals surface area contributed by atoms with Crippen molar-refractivity contribution >= 4 is 17.5 Å². The molecule has 0 saturated carbocycles. The second kappa shape index (κ2) is 6.34. The van der Waals surface area contributed by atoms with Crippen molar-refractivity contribution in [2.45, 2.75) is 6.92 Å². The summed E-state index contributed by atoms with van der Waals surface area (Å²) in [6.07, 6.45) is 1.58. The average Bonchev–Trinajstić information content (AvgIpc) is 2.48. The fourth-order valence-corrected chi connectivity index (χ4v) is 1.68. The number of benzene rings is 1. The SMILES string of the molecule is CCOC(=O)c1cccnc1Nc1cccc(C#N)c1. The van der Waals surface area contributed by atoms with Crippen molar-refractivity contribution in [1.29, 1.82) is 5.26 Å². The van der Waals surface area contributed by atoms with E-state index < -0.39 is 5.97 Å². The summed E-state index contributed by atoms with van der Waals surface area (Å²) in [5.41, 5.74) is 1.58. The van der Waals surface area contributed by atoms with Gasteiger partial charge in [0.1, 0.15) is 11.4 Å². The number of anilines is 2. The van der Waals surface area contributed by atoms with Crippen LogP contribution in [0.1, 0.15) is 22.8 Å². The summed E-state index contributed by atoms with van der Waals surface area (Å²) >= 11 is 0. The van der Waals surface area contributed by atoms with Crippen molar-refractivity contribution in [3.63, 3.8) is 0 Å². The van der Waals surface area contributed by atoms with Crippen molar-refractivity contribution in [1.82, 2.24) is 4.98 Å². The standard InChI is InChI=1S/C15H13N3O2/c1-2-20-15(19)13-7-4-8-17-14(13)18-12-6-3-5-11(9-12)10-16/h3-9H,2H2,1H3,(H,17,18). The zero-order chi connectivity index (χ0) is 14.4. The fraction of sp³-hybridized carbons (Fsp3) is 0.133. The zero-order valence-electron chi connectivity index (χ0n) is 11.0. The lowest BCUT2D eigenvalue weighted by molar-refractivity contribution is 0.0527. The van der Waals surface area contributed by atoms with E-state index in [1.54, 1.807) is 49.5 Å². The zero-order valence-corrected chi connectivity index (χ0v) is 11.0. The van der Waals surface area contributed by atoms with E-state index in [0.29, 0.717) is 29.2 Å². The number of nitrogens with zero attached hydrogens (tertiary/aromatic N) is 2. The van der Waals surface area contributed by atoms with Gasteiger partial charge < -0.3 is 10.1 Å². The molecule has 2 rings (SSSR count). The molecule has 0 spiro atoms. The van der Waals surface area contributed by atoms with Gasteiger partial charge in [-0.25, -0.2) is 9.78 Å². The van der Waals surface area contributed by atoms with Gasteiger partial charge >= 0.3 is 5.97 Å². The molecular formula is C15H13N3O2. The van der Waals surface area contributed by atoms with Crippen LogP contribution in [-0.4, -0.2) is 17.6 Å². The van der Waals surface area contributed by atoms with E-state index in [-0.39, 0.29) is 0 Å². The Morgan fingerprint density at radius 2 is 2.25 bits per heavy atom. The van der Waals surface area contributed by atoms with E-state index in [9.17, 15) is 4.79 Å². The Labute approximate surface area is 116 Å². The number of nitrogens with one attached hydrogen (secondary N) is 1. The normalized spacial score (nSPS) is 9.60. The Morgan fingerprint density at radius 3 is 3.00 bits per heavy atom. The third-order valence-electron chi connectivity index (χ3n) is 2.56. The van der Waals surface area contributed by atoms with Crippen LogP contribution in [0.2, 0.25) is 0 Å². The highest BCUT2D eigenvalue weighted by atomic mass is 16.5. The largest absolute Gasteiger partial charge is 0.462 e. The van der Waals surface area contributed by atoms with E-state index in [4.69, 9.17) is 10.00 Å². The third kappa shape index (κ3) is 3.12. The molecule has 2 aromatic rings. The molecule has 5 nitrogen and oxygen atoms in total. The van der Waals surface area contributed by atoms with Crippen LogP contribution in [0.5, 0.6) is 0 Å². The van der Waals surface area contributed by atoms with Crippen LogP contribution in [-0.2, 0) is 4.74 Å². The molecule has 0 aliphatic heterocycles. The topological polar surface area (TPSA) is 75.0 Å². The lowest BCUT2D eigenvalue weighted by Crippen LogP contribution is -2.09. The summed E-state index contributed by atoms with van der Waals surface area (Å²) in [7, 11) is 0. The minimum atomic E-state index is -0.431. The molecule has 0 radical (unpaired) electrons. The summed E-state index contributed by atoms with van der Waals surface area (Å²) in [5, 5.41) is 11.9. The van der Waals surface area contributed by atoms with E-state index in [2.05, 4.69) is 16.4 Å². The Bertz CT molecular complexity index is 662. The fourth-order valence-electron chi connectivity index (χ4n) is 1.68. The van der Waals surface area contributed by atoms with Crippen molar-refractivity contribution in [2.24, 2.45) is 0 Å². The number of nitriles is 1. The second-order valence-corrected chi connectivity index (χ2v) is 3.94. The lowest BCUT2D eigenvalue weighted by atomic mass is 10.2. The van der Waals surface area contributed by atoms with Crippen molar-refractivity contribution in [3.05, 3.63) is 53.7 Å². The quantitative estimate of drug-likeness (QED) is 0.862. The maximum Gasteiger partial charge on any atom is 0.341 e. The Balaban J connectivity index is 2.29. The van der Waals surface area contributed by atoms with Crippen LogP contribution in [0.25, 0.3) is 0 Å². The monoisotopic (exact) mass is 267 g/mol. The molecule has 5 heteroatoms. The van der Waals surface area contributed by atoms with Gasteiger partial charge in [0.15, 0.2) is 0 Å². The van der Waals surface area contributed by atoms with E-state index in [0.717, 1.165) is 0 Å². The first-order valence-corrected chi connectivity index (χ1v) is 6.14. The molecule has 100 valence electrons. The van der Waals surface area contributed by atoms with Gasteiger partial charge in [-0.2, -0.15) is 5.26 Å². The average molecular weight is 267 g/mol. The van der Waals surface area contributed by atoms with Crippen molar-refractivity contribution < 1.29 is 9.53 Å². The summed E-state index contributed by atoms with van der Waals surface area (Å²) in [5.74, 6) is -0.0272. The maximum absolute atomic E-state index is 11.8. The molecule has 1 N–H and O–H groups in total. The molecule has 0 atom stereocenters. The van der Waals surface area contributed by atoms with Crippen LogP contribution in [0.4, 0.5) is 11.5 Å². The van der Waals surface area contributed by atoms with Crippen LogP contribution >= 0.6 is 0 Å². The van der Waals surface area contributed by atoms with Gasteiger partial charge in [-0.05, 0) is 37.3 Å². The third-order valence-corrected chi connectivity index (χ3v) is 2.56. The number of carbonyl (C=O) groups excluding carboxylic acids is 1. The molecule has 0 fully saturated rings. The van der Waals surface area contributed by atoms with Gasteiger partial charge in [-0.3, -0.25) is 0 Å². The van der Waals surface area contributed by atoms with E-state index in [1.165, 1.54) is 0 Å². The first kappa shape index (κ1) is 13.6.